The molecule has 2 aliphatic carbocycles. The maximum Gasteiger partial charge on any atom is 0.416 e. The first kappa shape index (κ1) is 42.7. The van der Waals surface area contributed by atoms with Gasteiger partial charge in [0.15, 0.2) is 0 Å². The van der Waals surface area contributed by atoms with Gasteiger partial charge in [0.05, 0.1) is 22.5 Å². The van der Waals surface area contributed by atoms with Gasteiger partial charge in [0, 0.05) is 56.1 Å². The number of alkyl halides is 6. The lowest BCUT2D eigenvalue weighted by Crippen LogP contribution is -2.31. The molecule has 2 atom stereocenters. The number of benzene rings is 9. The van der Waals surface area contributed by atoms with Crippen LogP contribution < -0.4 is 9.80 Å². The first-order valence-corrected chi connectivity index (χ1v) is 21.9. The lowest BCUT2D eigenvalue weighted by atomic mass is 9.78. The van der Waals surface area contributed by atoms with Crippen LogP contribution in [0.1, 0.15) is 44.5 Å². The van der Waals surface area contributed by atoms with Crippen LogP contribution in [0.2, 0.25) is 0 Å². The third kappa shape index (κ3) is 6.70. The molecule has 334 valence electrons. The van der Waals surface area contributed by atoms with E-state index in [1.165, 1.54) is 12.1 Å². The van der Waals surface area contributed by atoms with E-state index in [1.807, 2.05) is 131 Å². The number of hydrogen-bond acceptors (Lipinski definition) is 4. The molecule has 9 aromatic carbocycles. The smallest absolute Gasteiger partial charge is 0.376 e. The van der Waals surface area contributed by atoms with Crippen molar-refractivity contribution >= 4 is 34.1 Å². The molecule has 0 fully saturated rings. The largest absolute Gasteiger partial charge is 0.416 e. The van der Waals surface area contributed by atoms with Crippen LogP contribution in [-0.2, 0) is 23.6 Å². The van der Waals surface area contributed by atoms with Gasteiger partial charge >= 0.3 is 12.4 Å². The Hall–Kier alpha value is -7.92. The Morgan fingerprint density at radius 1 is 0.294 bits per heavy atom. The summed E-state index contributed by atoms with van der Waals surface area (Å²) in [7, 11) is 0. The summed E-state index contributed by atoms with van der Waals surface area (Å²) in [5.74, 6) is 0. The normalized spacial score (nSPS) is 16.9. The second kappa shape index (κ2) is 15.9. The fraction of sp³-hybridized carbons (Fsp3) is 0.0690. The monoisotopic (exact) mass is 908 g/mol. The van der Waals surface area contributed by atoms with Crippen molar-refractivity contribution in [1.82, 2.24) is 0 Å². The van der Waals surface area contributed by atoms with Gasteiger partial charge in [0.1, 0.15) is 11.2 Å². The minimum absolute atomic E-state index is 0.0459. The lowest BCUT2D eigenvalue weighted by Gasteiger charge is -2.36. The van der Waals surface area contributed by atoms with Crippen LogP contribution in [0.5, 0.6) is 0 Å². The molecule has 0 aromatic heterocycles. The molecule has 4 nitrogen and oxygen atoms in total. The Labute approximate surface area is 387 Å². The van der Waals surface area contributed by atoms with E-state index in [0.717, 1.165) is 24.3 Å². The van der Waals surface area contributed by atoms with Gasteiger partial charge in [-0.1, -0.05) is 121 Å². The molecule has 10 heteroatoms. The van der Waals surface area contributed by atoms with Crippen molar-refractivity contribution in [3.05, 3.63) is 263 Å². The van der Waals surface area contributed by atoms with E-state index < -0.39 is 34.7 Å². The maximum atomic E-state index is 14.8. The molecule has 0 amide bonds. The van der Waals surface area contributed by atoms with Gasteiger partial charge < -0.3 is 20.0 Å². The van der Waals surface area contributed by atoms with Gasteiger partial charge in [0.2, 0.25) is 0 Å². The van der Waals surface area contributed by atoms with Gasteiger partial charge in [-0.3, -0.25) is 0 Å². The molecule has 11 rings (SSSR count). The summed E-state index contributed by atoms with van der Waals surface area (Å²) in [5.41, 5.74) is -0.960. The fourth-order valence-corrected chi connectivity index (χ4v) is 10.1. The molecule has 0 aliphatic heterocycles. The van der Waals surface area contributed by atoms with Gasteiger partial charge in [-0.2, -0.15) is 26.3 Å². The Balaban J connectivity index is 1.22. The molecule has 9 aromatic rings. The Morgan fingerprint density at radius 2 is 0.588 bits per heavy atom. The van der Waals surface area contributed by atoms with Gasteiger partial charge in [-0.05, 0) is 119 Å². The predicted molar refractivity (Wildman–Crippen MR) is 254 cm³/mol. The van der Waals surface area contributed by atoms with Crippen LogP contribution in [0, 0.1) is 0 Å². The van der Waals surface area contributed by atoms with Gasteiger partial charge in [-0.25, -0.2) is 0 Å². The molecular formula is C58H38F6N2O2. The summed E-state index contributed by atoms with van der Waals surface area (Å²) < 4.78 is 88.8. The summed E-state index contributed by atoms with van der Waals surface area (Å²) in [4.78, 5) is 3.82. The summed E-state index contributed by atoms with van der Waals surface area (Å²) in [6, 6.07) is 61.1. The fourth-order valence-electron chi connectivity index (χ4n) is 10.1. The van der Waals surface area contributed by atoms with Gasteiger partial charge in [0.25, 0.3) is 0 Å². The van der Waals surface area contributed by atoms with Crippen LogP contribution in [0.25, 0.3) is 22.3 Å². The van der Waals surface area contributed by atoms with Crippen LogP contribution in [0.3, 0.4) is 0 Å². The number of rotatable bonds is 8. The molecule has 0 radical (unpaired) electrons. The first-order chi connectivity index (χ1) is 32.8. The molecule has 0 saturated carbocycles. The zero-order valence-corrected chi connectivity index (χ0v) is 35.8. The van der Waals surface area contributed by atoms with E-state index in [1.54, 1.807) is 60.7 Å². The average molecular weight is 909 g/mol. The molecule has 0 saturated heterocycles. The molecule has 0 heterocycles. The molecule has 0 bridgehead atoms. The average Bonchev–Trinajstić information content (AvgIpc) is 3.76. The van der Waals surface area contributed by atoms with Crippen molar-refractivity contribution in [2.24, 2.45) is 0 Å². The highest BCUT2D eigenvalue weighted by Gasteiger charge is 2.52. The van der Waals surface area contributed by atoms with E-state index in [0.29, 0.717) is 56.4 Å². The molecule has 2 N–H and O–H groups in total. The highest BCUT2D eigenvalue weighted by atomic mass is 19.4. The highest BCUT2D eigenvalue weighted by Crippen LogP contribution is 2.61. The second-order valence-electron chi connectivity index (χ2n) is 16.9. The first-order valence-electron chi connectivity index (χ1n) is 21.9. The number of hydrogen-bond donors (Lipinski definition) is 2. The zero-order chi connectivity index (χ0) is 47.0. The van der Waals surface area contributed by atoms with Crippen molar-refractivity contribution in [2.45, 2.75) is 23.6 Å². The minimum atomic E-state index is -4.78. The van der Waals surface area contributed by atoms with Crippen LogP contribution >= 0.6 is 0 Å². The summed E-state index contributed by atoms with van der Waals surface area (Å²) in [6.45, 7) is 0. The Kier molecular flexibility index (Phi) is 9.96. The van der Waals surface area contributed by atoms with E-state index >= 15 is 0 Å². The second-order valence-corrected chi connectivity index (χ2v) is 16.9. The van der Waals surface area contributed by atoms with Crippen LogP contribution in [-0.4, -0.2) is 10.2 Å². The standard InChI is InChI=1S/C58H38F6N2O2/c59-57(60,61)37-29-31-43-45-35-46-44-32-30-38(58(62,63)64)34-50(44)56(68,48-26-14-16-28-54(48)66(41-21-9-3-10-22-41)42-23-11-4-12-24-42)52(46)36-51(45)55(67,49(43)33-37)47-25-13-15-27-53(47)65(39-17-5-1-6-18-39)40-19-7-2-8-20-40/h1-36,67-68H. The molecule has 0 spiro atoms. The van der Waals surface area contributed by atoms with Crippen molar-refractivity contribution in [1.29, 1.82) is 0 Å². The predicted octanol–water partition coefficient (Wildman–Crippen LogP) is 15.2. The molecule has 2 unspecified atom stereocenters. The molecule has 68 heavy (non-hydrogen) atoms. The van der Waals surface area contributed by atoms with Crippen LogP contribution in [0.15, 0.2) is 218 Å². The van der Waals surface area contributed by atoms with Crippen molar-refractivity contribution in [3.63, 3.8) is 0 Å². The summed E-state index contributed by atoms with van der Waals surface area (Å²) >= 11 is 0. The highest BCUT2D eigenvalue weighted by molar-refractivity contribution is 5.94. The number of anilines is 6. The van der Waals surface area contributed by atoms with E-state index in [2.05, 4.69) is 0 Å². The third-order valence-electron chi connectivity index (χ3n) is 13.1. The van der Waals surface area contributed by atoms with Crippen LogP contribution in [0.4, 0.5) is 60.5 Å². The summed E-state index contributed by atoms with van der Waals surface area (Å²) in [5, 5.41) is 27.9. The number of aliphatic hydroxyl groups is 2. The van der Waals surface area contributed by atoms with E-state index in [4.69, 9.17) is 0 Å². The summed E-state index contributed by atoms with van der Waals surface area (Å²) in [6.07, 6.45) is -9.57. The quantitative estimate of drug-likeness (QED) is 0.149. The number of halogens is 6. The maximum absolute atomic E-state index is 14.8. The number of nitrogens with zero attached hydrogens (tertiary/aromatic N) is 2. The number of fused-ring (bicyclic) bond motifs is 6. The van der Waals surface area contributed by atoms with Crippen molar-refractivity contribution < 1.29 is 36.6 Å². The Morgan fingerprint density at radius 3 is 0.912 bits per heavy atom. The van der Waals surface area contributed by atoms with E-state index in [9.17, 15) is 36.6 Å². The van der Waals surface area contributed by atoms with Gasteiger partial charge in [-0.15, -0.1) is 0 Å². The topological polar surface area (TPSA) is 46.9 Å². The Bertz CT molecular complexity index is 3060. The van der Waals surface area contributed by atoms with E-state index in [-0.39, 0.29) is 33.4 Å². The van der Waals surface area contributed by atoms with Crippen molar-refractivity contribution in [3.8, 4) is 22.3 Å². The minimum Gasteiger partial charge on any atom is -0.376 e. The lowest BCUT2D eigenvalue weighted by molar-refractivity contribution is -0.138. The third-order valence-corrected chi connectivity index (χ3v) is 13.1. The zero-order valence-electron chi connectivity index (χ0n) is 35.8. The molecular weight excluding hydrogens is 871 g/mol. The molecule has 2 aliphatic rings. The van der Waals surface area contributed by atoms with Crippen molar-refractivity contribution in [2.75, 3.05) is 9.80 Å². The number of para-hydroxylation sites is 6. The SMILES string of the molecule is OC1(c2ccccc2N(c2ccccc2)c2ccccc2)c2cc(C(F)(F)F)ccc2-c2cc3c(cc21)C(O)(c1ccccc1N(c1ccccc1)c1ccccc1)c1cc(C(F)(F)F)ccc1-3.